The molecule has 12 heavy (non-hydrogen) atoms. The first-order chi connectivity index (χ1) is 5.49. The molecule has 0 aliphatic heterocycles. The first-order valence-electron chi connectivity index (χ1n) is 3.89. The number of hydrogen-bond donors (Lipinski definition) is 1. The lowest BCUT2D eigenvalue weighted by atomic mass is 10.2. The highest BCUT2D eigenvalue weighted by molar-refractivity contribution is 5.80. The molecule has 0 saturated heterocycles. The third-order valence-corrected chi connectivity index (χ3v) is 1.53. The van der Waals surface area contributed by atoms with Gasteiger partial charge >= 0.3 is 0 Å². The molecule has 0 aromatic rings. The van der Waals surface area contributed by atoms with Gasteiger partial charge in [0.15, 0.2) is 0 Å². The van der Waals surface area contributed by atoms with Crippen LogP contribution in [-0.2, 0) is 4.79 Å². The molecule has 0 aromatic carbocycles. The van der Waals surface area contributed by atoms with E-state index < -0.39 is 6.04 Å². The standard InChI is InChI=1S/C8H15N3O/c1-6(4-9)5-11(3)8(12)7(2)10/h6-7H,5,10H2,1-3H3/t6?,7-/m0/s1. The molecule has 0 bridgehead atoms. The molecule has 0 spiro atoms. The minimum absolute atomic E-state index is 0.128. The first kappa shape index (κ1) is 10.9. The van der Waals surface area contributed by atoms with Crippen LogP contribution in [0.2, 0.25) is 0 Å². The van der Waals surface area contributed by atoms with Crippen molar-refractivity contribution in [1.29, 1.82) is 5.26 Å². The number of nitriles is 1. The molecular formula is C8H15N3O. The number of carbonyl (C=O) groups excluding carboxylic acids is 1. The molecule has 0 aromatic heterocycles. The molecule has 68 valence electrons. The topological polar surface area (TPSA) is 70.1 Å². The molecule has 1 unspecified atom stereocenters. The maximum absolute atomic E-state index is 11.2. The molecule has 4 nitrogen and oxygen atoms in total. The van der Waals surface area contributed by atoms with Crippen LogP contribution in [-0.4, -0.2) is 30.4 Å². The average molecular weight is 169 g/mol. The van der Waals surface area contributed by atoms with Gasteiger partial charge in [-0.3, -0.25) is 4.79 Å². The van der Waals surface area contributed by atoms with Crippen LogP contribution in [0.4, 0.5) is 0 Å². The maximum Gasteiger partial charge on any atom is 0.238 e. The van der Waals surface area contributed by atoms with E-state index in [1.807, 2.05) is 0 Å². The minimum Gasteiger partial charge on any atom is -0.343 e. The number of hydrogen-bond acceptors (Lipinski definition) is 3. The van der Waals surface area contributed by atoms with Crippen molar-refractivity contribution in [1.82, 2.24) is 4.90 Å². The van der Waals surface area contributed by atoms with E-state index in [1.165, 1.54) is 4.90 Å². The van der Waals surface area contributed by atoms with Gasteiger partial charge in [-0.05, 0) is 13.8 Å². The number of nitrogens with zero attached hydrogens (tertiary/aromatic N) is 2. The van der Waals surface area contributed by atoms with Crippen molar-refractivity contribution in [3.63, 3.8) is 0 Å². The summed E-state index contributed by atoms with van der Waals surface area (Å²) in [6.07, 6.45) is 0. The first-order valence-corrected chi connectivity index (χ1v) is 3.89. The molecule has 0 aliphatic carbocycles. The molecule has 1 amide bonds. The average Bonchev–Trinajstić information content (AvgIpc) is 2.02. The van der Waals surface area contributed by atoms with E-state index in [4.69, 9.17) is 11.0 Å². The summed E-state index contributed by atoms with van der Waals surface area (Å²) in [5.74, 6) is -0.269. The van der Waals surface area contributed by atoms with Crippen LogP contribution in [0.25, 0.3) is 0 Å². The lowest BCUT2D eigenvalue weighted by Gasteiger charge is -2.19. The molecule has 0 saturated carbocycles. The van der Waals surface area contributed by atoms with Crippen molar-refractivity contribution in [2.75, 3.05) is 13.6 Å². The molecule has 0 radical (unpaired) electrons. The zero-order chi connectivity index (χ0) is 9.72. The Morgan fingerprint density at radius 2 is 2.17 bits per heavy atom. The van der Waals surface area contributed by atoms with E-state index in [0.29, 0.717) is 6.54 Å². The normalized spacial score (nSPS) is 14.6. The third kappa shape index (κ3) is 3.35. The van der Waals surface area contributed by atoms with E-state index in [1.54, 1.807) is 20.9 Å². The summed E-state index contributed by atoms with van der Waals surface area (Å²) in [4.78, 5) is 12.7. The van der Waals surface area contributed by atoms with Crippen LogP contribution in [0.3, 0.4) is 0 Å². The van der Waals surface area contributed by atoms with Crippen molar-refractivity contribution in [2.24, 2.45) is 11.7 Å². The molecule has 0 rings (SSSR count). The highest BCUT2D eigenvalue weighted by atomic mass is 16.2. The number of nitrogens with two attached hydrogens (primary N) is 1. The molecule has 4 heteroatoms. The van der Waals surface area contributed by atoms with Crippen molar-refractivity contribution in [3.8, 4) is 6.07 Å². The quantitative estimate of drug-likeness (QED) is 0.644. The van der Waals surface area contributed by atoms with Gasteiger partial charge in [-0.2, -0.15) is 5.26 Å². The highest BCUT2D eigenvalue weighted by Crippen LogP contribution is 1.97. The Kier molecular flexibility index (Phi) is 4.30. The van der Waals surface area contributed by atoms with Crippen molar-refractivity contribution >= 4 is 5.91 Å². The third-order valence-electron chi connectivity index (χ3n) is 1.53. The fourth-order valence-electron chi connectivity index (χ4n) is 0.889. The highest BCUT2D eigenvalue weighted by Gasteiger charge is 2.14. The van der Waals surface area contributed by atoms with Gasteiger partial charge in [0.1, 0.15) is 0 Å². The second-order valence-corrected chi connectivity index (χ2v) is 3.04. The largest absolute Gasteiger partial charge is 0.343 e. The summed E-state index contributed by atoms with van der Waals surface area (Å²) in [5.41, 5.74) is 5.38. The summed E-state index contributed by atoms with van der Waals surface area (Å²) < 4.78 is 0. The second kappa shape index (κ2) is 4.73. The van der Waals surface area contributed by atoms with Crippen molar-refractivity contribution in [2.45, 2.75) is 19.9 Å². The number of carbonyl (C=O) groups is 1. The monoisotopic (exact) mass is 169 g/mol. The minimum atomic E-state index is -0.485. The summed E-state index contributed by atoms with van der Waals surface area (Å²) >= 11 is 0. The Bertz CT molecular complexity index is 195. The molecule has 2 atom stereocenters. The Balaban J connectivity index is 3.97. The van der Waals surface area contributed by atoms with Gasteiger partial charge in [0.05, 0.1) is 18.0 Å². The Morgan fingerprint density at radius 3 is 2.50 bits per heavy atom. The number of likely N-dealkylation sites (N-methyl/N-ethyl adjacent to an activating group) is 1. The van der Waals surface area contributed by atoms with E-state index in [9.17, 15) is 4.79 Å². The molecule has 0 fully saturated rings. The zero-order valence-corrected chi connectivity index (χ0v) is 7.74. The molecule has 2 N–H and O–H groups in total. The summed E-state index contributed by atoms with van der Waals surface area (Å²) in [6.45, 7) is 3.84. The zero-order valence-electron chi connectivity index (χ0n) is 7.74. The Labute approximate surface area is 72.9 Å². The van der Waals surface area contributed by atoms with Gasteiger partial charge in [0.2, 0.25) is 5.91 Å². The molecule has 0 heterocycles. The fraction of sp³-hybridized carbons (Fsp3) is 0.750. The maximum atomic E-state index is 11.2. The Hall–Kier alpha value is -1.08. The number of amides is 1. The predicted octanol–water partition coefficient (Wildman–Crippen LogP) is -0.0483. The van der Waals surface area contributed by atoms with E-state index >= 15 is 0 Å². The molecular weight excluding hydrogens is 154 g/mol. The summed E-state index contributed by atoms with van der Waals surface area (Å²) in [6, 6.07) is 1.57. The summed E-state index contributed by atoms with van der Waals surface area (Å²) in [7, 11) is 1.65. The van der Waals surface area contributed by atoms with Gasteiger partial charge < -0.3 is 10.6 Å². The smallest absolute Gasteiger partial charge is 0.238 e. The van der Waals surface area contributed by atoms with Crippen LogP contribution in [0.5, 0.6) is 0 Å². The lowest BCUT2D eigenvalue weighted by Crippen LogP contribution is -2.41. The lowest BCUT2D eigenvalue weighted by molar-refractivity contribution is -0.131. The van der Waals surface area contributed by atoms with E-state index in [2.05, 4.69) is 6.07 Å². The molecule has 0 aliphatic rings. The van der Waals surface area contributed by atoms with Crippen LogP contribution in [0.1, 0.15) is 13.8 Å². The predicted molar refractivity (Wildman–Crippen MR) is 46.1 cm³/mol. The fourth-order valence-corrected chi connectivity index (χ4v) is 0.889. The van der Waals surface area contributed by atoms with E-state index in [-0.39, 0.29) is 11.8 Å². The van der Waals surface area contributed by atoms with Crippen LogP contribution in [0.15, 0.2) is 0 Å². The van der Waals surface area contributed by atoms with Crippen LogP contribution in [0, 0.1) is 17.2 Å². The van der Waals surface area contributed by atoms with Gasteiger partial charge in [-0.25, -0.2) is 0 Å². The van der Waals surface area contributed by atoms with Gasteiger partial charge in [-0.15, -0.1) is 0 Å². The van der Waals surface area contributed by atoms with Gasteiger partial charge in [0.25, 0.3) is 0 Å². The Morgan fingerprint density at radius 1 is 1.67 bits per heavy atom. The van der Waals surface area contributed by atoms with Crippen LogP contribution >= 0.6 is 0 Å². The second-order valence-electron chi connectivity index (χ2n) is 3.04. The van der Waals surface area contributed by atoms with Gasteiger partial charge in [0, 0.05) is 13.6 Å². The SMILES string of the molecule is CC(C#N)CN(C)C(=O)[C@H](C)N. The number of rotatable bonds is 3. The van der Waals surface area contributed by atoms with E-state index in [0.717, 1.165) is 0 Å². The van der Waals surface area contributed by atoms with Gasteiger partial charge in [-0.1, -0.05) is 0 Å². The summed E-state index contributed by atoms with van der Waals surface area (Å²) in [5, 5.41) is 8.48. The van der Waals surface area contributed by atoms with Crippen LogP contribution < -0.4 is 5.73 Å². The van der Waals surface area contributed by atoms with Crippen molar-refractivity contribution < 1.29 is 4.79 Å². The van der Waals surface area contributed by atoms with Crippen molar-refractivity contribution in [3.05, 3.63) is 0 Å².